The van der Waals surface area contributed by atoms with Gasteiger partial charge >= 0.3 is 12.0 Å². The molecule has 15 heavy (non-hydrogen) atoms. The van der Waals surface area contributed by atoms with Gasteiger partial charge in [0, 0.05) is 19.5 Å². The van der Waals surface area contributed by atoms with Crippen LogP contribution in [0.25, 0.3) is 0 Å². The van der Waals surface area contributed by atoms with Crippen LogP contribution in [0.4, 0.5) is 4.79 Å². The molecular formula is C10H18N2O3. The molecular weight excluding hydrogens is 196 g/mol. The first-order chi connectivity index (χ1) is 7.09. The monoisotopic (exact) mass is 214 g/mol. The molecule has 0 unspecified atom stereocenters. The minimum Gasteiger partial charge on any atom is -0.481 e. The molecule has 0 aromatic heterocycles. The molecule has 2 amide bonds. The Labute approximate surface area is 89.2 Å². The lowest BCUT2D eigenvalue weighted by Crippen LogP contribution is -2.41. The third-order valence-corrected chi connectivity index (χ3v) is 2.93. The third-order valence-electron chi connectivity index (χ3n) is 2.93. The standard InChI is InChI=1S/C10H18N2O3/c11-10(15)12-6-4-8(5-7-12)2-1-3-9(13)14/h8H,1-7H2,(H2,11,15)(H,13,14). The zero-order valence-electron chi connectivity index (χ0n) is 8.82. The van der Waals surface area contributed by atoms with Crippen LogP contribution in [0.5, 0.6) is 0 Å². The number of carboxylic acid groups (broad SMARTS) is 1. The lowest BCUT2D eigenvalue weighted by atomic mass is 9.92. The van der Waals surface area contributed by atoms with Gasteiger partial charge < -0.3 is 15.7 Å². The van der Waals surface area contributed by atoms with Gasteiger partial charge in [-0.1, -0.05) is 0 Å². The number of hydrogen-bond acceptors (Lipinski definition) is 2. The number of aliphatic carboxylic acids is 1. The lowest BCUT2D eigenvalue weighted by Gasteiger charge is -2.30. The summed E-state index contributed by atoms with van der Waals surface area (Å²) in [5, 5.41) is 8.49. The molecule has 0 spiro atoms. The van der Waals surface area contributed by atoms with Crippen molar-refractivity contribution in [2.45, 2.75) is 32.1 Å². The number of piperidine rings is 1. The number of rotatable bonds is 4. The van der Waals surface area contributed by atoms with Crippen LogP contribution < -0.4 is 5.73 Å². The summed E-state index contributed by atoms with van der Waals surface area (Å²) in [5.41, 5.74) is 5.16. The van der Waals surface area contributed by atoms with Gasteiger partial charge in [0.15, 0.2) is 0 Å². The Morgan fingerprint density at radius 2 is 1.93 bits per heavy atom. The average molecular weight is 214 g/mol. The van der Waals surface area contributed by atoms with Crippen molar-refractivity contribution in [3.8, 4) is 0 Å². The third kappa shape index (κ3) is 4.18. The van der Waals surface area contributed by atoms with Crippen LogP contribution in [0.3, 0.4) is 0 Å². The molecule has 86 valence electrons. The Hall–Kier alpha value is -1.26. The van der Waals surface area contributed by atoms with Crippen LogP contribution in [0.2, 0.25) is 0 Å². The van der Waals surface area contributed by atoms with E-state index in [1.165, 1.54) is 0 Å². The van der Waals surface area contributed by atoms with Crippen molar-refractivity contribution in [3.05, 3.63) is 0 Å². The molecule has 0 aromatic carbocycles. The molecule has 0 radical (unpaired) electrons. The topological polar surface area (TPSA) is 83.6 Å². The van der Waals surface area contributed by atoms with Crippen LogP contribution in [0.15, 0.2) is 0 Å². The number of primary amides is 1. The molecule has 1 rings (SSSR count). The Bertz CT molecular complexity index is 232. The van der Waals surface area contributed by atoms with Gasteiger partial charge in [-0.05, 0) is 31.6 Å². The highest BCUT2D eigenvalue weighted by Crippen LogP contribution is 2.22. The van der Waals surface area contributed by atoms with Crippen LogP contribution in [0.1, 0.15) is 32.1 Å². The summed E-state index contributed by atoms with van der Waals surface area (Å²) in [7, 11) is 0. The molecule has 5 heteroatoms. The number of carbonyl (C=O) groups excluding carboxylic acids is 1. The van der Waals surface area contributed by atoms with Gasteiger partial charge in [-0.2, -0.15) is 0 Å². The fourth-order valence-electron chi connectivity index (χ4n) is 1.98. The van der Waals surface area contributed by atoms with E-state index in [2.05, 4.69) is 0 Å². The van der Waals surface area contributed by atoms with E-state index in [1.807, 2.05) is 0 Å². The molecule has 3 N–H and O–H groups in total. The number of nitrogens with two attached hydrogens (primary N) is 1. The quantitative estimate of drug-likeness (QED) is 0.733. The smallest absolute Gasteiger partial charge is 0.314 e. The maximum atomic E-state index is 10.8. The van der Waals surface area contributed by atoms with Crippen molar-refractivity contribution in [1.29, 1.82) is 0 Å². The molecule has 1 aliphatic heterocycles. The molecule has 1 aliphatic rings. The largest absolute Gasteiger partial charge is 0.481 e. The van der Waals surface area contributed by atoms with E-state index < -0.39 is 5.97 Å². The SMILES string of the molecule is NC(=O)N1CCC(CCCC(=O)O)CC1. The second kappa shape index (κ2) is 5.58. The maximum Gasteiger partial charge on any atom is 0.314 e. The fraction of sp³-hybridized carbons (Fsp3) is 0.800. The summed E-state index contributed by atoms with van der Waals surface area (Å²) in [4.78, 5) is 22.8. The highest BCUT2D eigenvalue weighted by molar-refractivity contribution is 5.72. The second-order valence-electron chi connectivity index (χ2n) is 4.05. The molecule has 5 nitrogen and oxygen atoms in total. The normalized spacial score (nSPS) is 17.7. The van der Waals surface area contributed by atoms with E-state index in [0.29, 0.717) is 19.0 Å². The minimum absolute atomic E-state index is 0.246. The summed E-state index contributed by atoms with van der Waals surface area (Å²) in [6, 6.07) is -0.348. The predicted molar refractivity (Wildman–Crippen MR) is 55.4 cm³/mol. The molecule has 0 bridgehead atoms. The van der Waals surface area contributed by atoms with Crippen molar-refractivity contribution < 1.29 is 14.7 Å². The zero-order chi connectivity index (χ0) is 11.3. The van der Waals surface area contributed by atoms with Gasteiger partial charge in [-0.25, -0.2) is 4.79 Å². The fourth-order valence-corrected chi connectivity index (χ4v) is 1.98. The van der Waals surface area contributed by atoms with Crippen LogP contribution in [-0.4, -0.2) is 35.1 Å². The molecule has 0 atom stereocenters. The summed E-state index contributed by atoms with van der Waals surface area (Å²) in [6.07, 6.45) is 3.82. The first-order valence-corrected chi connectivity index (χ1v) is 5.35. The summed E-state index contributed by atoms with van der Waals surface area (Å²) in [5.74, 6) is -0.176. The van der Waals surface area contributed by atoms with Crippen LogP contribution >= 0.6 is 0 Å². The van der Waals surface area contributed by atoms with E-state index >= 15 is 0 Å². The second-order valence-corrected chi connectivity index (χ2v) is 4.05. The average Bonchev–Trinajstić information content (AvgIpc) is 2.18. The van der Waals surface area contributed by atoms with Crippen molar-refractivity contribution in [1.82, 2.24) is 4.90 Å². The number of nitrogens with zero attached hydrogens (tertiary/aromatic N) is 1. The van der Waals surface area contributed by atoms with Gasteiger partial charge in [-0.3, -0.25) is 4.79 Å². The molecule has 0 saturated carbocycles. The number of carboxylic acids is 1. The minimum atomic E-state index is -0.732. The molecule has 1 fully saturated rings. The van der Waals surface area contributed by atoms with E-state index in [-0.39, 0.29) is 12.5 Å². The van der Waals surface area contributed by atoms with Gasteiger partial charge in [-0.15, -0.1) is 0 Å². The van der Waals surface area contributed by atoms with Crippen molar-refractivity contribution in [2.75, 3.05) is 13.1 Å². The Morgan fingerprint density at radius 3 is 2.40 bits per heavy atom. The Balaban J connectivity index is 2.14. The molecule has 0 aliphatic carbocycles. The van der Waals surface area contributed by atoms with Gasteiger partial charge in [0.2, 0.25) is 0 Å². The summed E-state index contributed by atoms with van der Waals surface area (Å²) >= 11 is 0. The van der Waals surface area contributed by atoms with Crippen molar-refractivity contribution in [2.24, 2.45) is 11.7 Å². The Kier molecular flexibility index (Phi) is 4.39. The molecule has 1 saturated heterocycles. The van der Waals surface area contributed by atoms with E-state index in [0.717, 1.165) is 25.7 Å². The summed E-state index contributed by atoms with van der Waals surface area (Å²) in [6.45, 7) is 1.43. The number of amides is 2. The first kappa shape index (κ1) is 11.8. The van der Waals surface area contributed by atoms with Gasteiger partial charge in [0.1, 0.15) is 0 Å². The summed E-state index contributed by atoms with van der Waals surface area (Å²) < 4.78 is 0. The van der Waals surface area contributed by atoms with E-state index in [4.69, 9.17) is 10.8 Å². The number of hydrogen-bond donors (Lipinski definition) is 2. The zero-order valence-corrected chi connectivity index (χ0v) is 8.82. The predicted octanol–water partition coefficient (Wildman–Crippen LogP) is 1.03. The number of likely N-dealkylation sites (tertiary alicyclic amines) is 1. The first-order valence-electron chi connectivity index (χ1n) is 5.35. The van der Waals surface area contributed by atoms with Gasteiger partial charge in [0.05, 0.1) is 0 Å². The number of carbonyl (C=O) groups is 2. The van der Waals surface area contributed by atoms with E-state index in [1.54, 1.807) is 4.90 Å². The Morgan fingerprint density at radius 1 is 1.33 bits per heavy atom. The van der Waals surface area contributed by atoms with Gasteiger partial charge in [0.25, 0.3) is 0 Å². The van der Waals surface area contributed by atoms with Crippen molar-refractivity contribution >= 4 is 12.0 Å². The highest BCUT2D eigenvalue weighted by atomic mass is 16.4. The molecule has 0 aromatic rings. The van der Waals surface area contributed by atoms with Crippen LogP contribution in [0, 0.1) is 5.92 Å². The lowest BCUT2D eigenvalue weighted by molar-refractivity contribution is -0.137. The van der Waals surface area contributed by atoms with Crippen LogP contribution in [-0.2, 0) is 4.79 Å². The van der Waals surface area contributed by atoms with Crippen molar-refractivity contribution in [3.63, 3.8) is 0 Å². The highest BCUT2D eigenvalue weighted by Gasteiger charge is 2.20. The maximum absolute atomic E-state index is 10.8. The molecule has 1 heterocycles. The van der Waals surface area contributed by atoms with E-state index in [9.17, 15) is 9.59 Å². The number of urea groups is 1.